The second kappa shape index (κ2) is 10.1. The highest BCUT2D eigenvalue weighted by atomic mass is 16.6. The van der Waals surface area contributed by atoms with Crippen molar-refractivity contribution in [3.8, 4) is 11.5 Å². The molecule has 0 unspecified atom stereocenters. The fourth-order valence-corrected chi connectivity index (χ4v) is 2.71. The lowest BCUT2D eigenvalue weighted by Crippen LogP contribution is -2.42. The number of hydrogen-bond acceptors (Lipinski definition) is 6. The van der Waals surface area contributed by atoms with E-state index in [1.54, 1.807) is 0 Å². The minimum Gasteiger partial charge on any atom is -0.493 e. The van der Waals surface area contributed by atoms with Gasteiger partial charge in [0, 0.05) is 12.6 Å². The van der Waals surface area contributed by atoms with Crippen LogP contribution in [0.3, 0.4) is 0 Å². The first-order valence-corrected chi connectivity index (χ1v) is 8.70. The van der Waals surface area contributed by atoms with Gasteiger partial charge in [0.25, 0.3) is 11.6 Å². The van der Waals surface area contributed by atoms with Crippen molar-refractivity contribution in [3.05, 3.63) is 40.0 Å². The van der Waals surface area contributed by atoms with Crippen LogP contribution in [-0.4, -0.2) is 37.1 Å². The Morgan fingerprint density at radius 2 is 2.07 bits per heavy atom. The van der Waals surface area contributed by atoms with Crippen LogP contribution in [0.2, 0.25) is 0 Å². The summed E-state index contributed by atoms with van der Waals surface area (Å²) < 4.78 is 10.3. The maximum atomic E-state index is 11.8. The number of amides is 3. The van der Waals surface area contributed by atoms with Crippen molar-refractivity contribution in [1.82, 2.24) is 10.6 Å². The van der Waals surface area contributed by atoms with Crippen LogP contribution < -0.4 is 20.1 Å². The third-order valence-corrected chi connectivity index (χ3v) is 4.09. The number of hydrogen-bond donors (Lipinski definition) is 2. The molecule has 0 bridgehead atoms. The molecule has 0 saturated carbocycles. The Balaban J connectivity index is 1.76. The van der Waals surface area contributed by atoms with E-state index in [1.807, 2.05) is 0 Å². The molecule has 1 aliphatic carbocycles. The number of nitro groups is 1. The van der Waals surface area contributed by atoms with Crippen LogP contribution in [0.25, 0.3) is 0 Å². The average Bonchev–Trinajstić information content (AvgIpc) is 2.66. The molecule has 9 nitrogen and oxygen atoms in total. The third-order valence-electron chi connectivity index (χ3n) is 4.09. The summed E-state index contributed by atoms with van der Waals surface area (Å²) in [4.78, 5) is 33.8. The Kier molecular flexibility index (Phi) is 7.60. The van der Waals surface area contributed by atoms with Gasteiger partial charge >= 0.3 is 6.03 Å². The normalized spacial score (nSPS) is 13.3. The number of carbonyl (C=O) groups excluding carboxylic acids is 2. The van der Waals surface area contributed by atoms with Gasteiger partial charge in [0.1, 0.15) is 0 Å². The van der Waals surface area contributed by atoms with Crippen LogP contribution in [0.15, 0.2) is 29.8 Å². The summed E-state index contributed by atoms with van der Waals surface area (Å²) in [5, 5.41) is 15.6. The van der Waals surface area contributed by atoms with Gasteiger partial charge in [-0.05, 0) is 38.2 Å². The maximum Gasteiger partial charge on any atom is 0.321 e. The monoisotopic (exact) mass is 377 g/mol. The molecule has 0 aliphatic heterocycles. The highest BCUT2D eigenvalue weighted by molar-refractivity contribution is 5.95. The highest BCUT2D eigenvalue weighted by Gasteiger charge is 2.15. The van der Waals surface area contributed by atoms with Gasteiger partial charge in [0.15, 0.2) is 18.1 Å². The van der Waals surface area contributed by atoms with E-state index in [9.17, 15) is 19.7 Å². The predicted molar refractivity (Wildman–Crippen MR) is 97.9 cm³/mol. The van der Waals surface area contributed by atoms with E-state index in [2.05, 4.69) is 16.7 Å². The second-order valence-corrected chi connectivity index (χ2v) is 6.04. The first-order chi connectivity index (χ1) is 13.0. The number of non-ortho nitro benzene ring substituents is 1. The lowest BCUT2D eigenvalue weighted by molar-refractivity contribution is -0.385. The van der Waals surface area contributed by atoms with E-state index in [0.717, 1.165) is 25.3 Å². The first-order valence-electron chi connectivity index (χ1n) is 8.70. The van der Waals surface area contributed by atoms with Gasteiger partial charge in [-0.3, -0.25) is 20.2 Å². The molecule has 0 aromatic heterocycles. The van der Waals surface area contributed by atoms with Crippen LogP contribution in [0.5, 0.6) is 11.5 Å². The Hall–Kier alpha value is -3.10. The summed E-state index contributed by atoms with van der Waals surface area (Å²) in [6, 6.07) is 3.19. The zero-order valence-corrected chi connectivity index (χ0v) is 15.2. The topological polar surface area (TPSA) is 120 Å². The maximum absolute atomic E-state index is 11.8. The Morgan fingerprint density at radius 1 is 1.26 bits per heavy atom. The molecule has 1 aromatic carbocycles. The number of imide groups is 1. The molecule has 0 heterocycles. The molecule has 0 atom stereocenters. The number of ether oxygens (including phenoxy) is 2. The molecule has 0 spiro atoms. The molecular weight excluding hydrogens is 354 g/mol. The van der Waals surface area contributed by atoms with Gasteiger partial charge in [0.05, 0.1) is 18.1 Å². The summed E-state index contributed by atoms with van der Waals surface area (Å²) in [6.45, 7) is -0.0272. The summed E-state index contributed by atoms with van der Waals surface area (Å²) in [5.41, 5.74) is 1.13. The van der Waals surface area contributed by atoms with Gasteiger partial charge in [0.2, 0.25) is 0 Å². The molecule has 0 saturated heterocycles. The van der Waals surface area contributed by atoms with Crippen molar-refractivity contribution in [2.75, 3.05) is 20.3 Å². The van der Waals surface area contributed by atoms with Crippen LogP contribution in [0, 0.1) is 10.1 Å². The number of benzene rings is 1. The fourth-order valence-electron chi connectivity index (χ4n) is 2.71. The molecule has 9 heteroatoms. The molecule has 0 fully saturated rings. The zero-order valence-electron chi connectivity index (χ0n) is 15.2. The van der Waals surface area contributed by atoms with Gasteiger partial charge in [-0.1, -0.05) is 11.6 Å². The predicted octanol–water partition coefficient (Wildman–Crippen LogP) is 2.70. The SMILES string of the molecule is COc1ccc([N+](=O)[O-])cc1OCC(=O)NC(=O)NCCC1=CCCCC1. The van der Waals surface area contributed by atoms with E-state index in [0.29, 0.717) is 6.54 Å². The number of carbonyl (C=O) groups is 2. The summed E-state index contributed by atoms with van der Waals surface area (Å²) in [5.74, 6) is -0.372. The summed E-state index contributed by atoms with van der Waals surface area (Å²) >= 11 is 0. The smallest absolute Gasteiger partial charge is 0.321 e. The lowest BCUT2D eigenvalue weighted by atomic mass is 9.97. The molecule has 2 rings (SSSR count). The number of nitrogens with one attached hydrogen (secondary N) is 2. The van der Waals surface area contributed by atoms with Crippen molar-refractivity contribution < 1.29 is 24.0 Å². The van der Waals surface area contributed by atoms with Gasteiger partial charge in [-0.25, -0.2) is 4.79 Å². The van der Waals surface area contributed by atoms with E-state index in [1.165, 1.54) is 37.7 Å². The van der Waals surface area contributed by atoms with E-state index in [4.69, 9.17) is 9.47 Å². The molecule has 27 heavy (non-hydrogen) atoms. The minimum absolute atomic E-state index is 0.0477. The fraction of sp³-hybridized carbons (Fsp3) is 0.444. The largest absolute Gasteiger partial charge is 0.493 e. The average molecular weight is 377 g/mol. The van der Waals surface area contributed by atoms with E-state index < -0.39 is 23.5 Å². The highest BCUT2D eigenvalue weighted by Crippen LogP contribution is 2.31. The number of rotatable bonds is 8. The van der Waals surface area contributed by atoms with Crippen molar-refractivity contribution in [3.63, 3.8) is 0 Å². The van der Waals surface area contributed by atoms with Crippen LogP contribution in [-0.2, 0) is 4.79 Å². The number of nitro benzene ring substituents is 1. The Labute approximate surface area is 156 Å². The molecule has 146 valence electrons. The quantitative estimate of drug-likeness (QED) is 0.408. The molecule has 1 aromatic rings. The van der Waals surface area contributed by atoms with Crippen molar-refractivity contribution in [2.45, 2.75) is 32.1 Å². The first kappa shape index (κ1) is 20.2. The van der Waals surface area contributed by atoms with Gasteiger partial charge in [-0.15, -0.1) is 0 Å². The molecule has 1 aliphatic rings. The number of nitrogens with zero attached hydrogens (tertiary/aromatic N) is 1. The lowest BCUT2D eigenvalue weighted by Gasteiger charge is -2.13. The van der Waals surface area contributed by atoms with Gasteiger partial charge in [-0.2, -0.15) is 0 Å². The molecule has 3 amide bonds. The number of allylic oxidation sites excluding steroid dienone is 1. The molecule has 2 N–H and O–H groups in total. The molecule has 0 radical (unpaired) electrons. The summed E-state index contributed by atoms with van der Waals surface area (Å²) in [7, 11) is 1.38. The second-order valence-electron chi connectivity index (χ2n) is 6.04. The third kappa shape index (κ3) is 6.61. The number of methoxy groups -OCH3 is 1. The Morgan fingerprint density at radius 3 is 2.74 bits per heavy atom. The summed E-state index contributed by atoms with van der Waals surface area (Å²) in [6.07, 6.45) is 7.49. The van der Waals surface area contributed by atoms with Crippen LogP contribution >= 0.6 is 0 Å². The Bertz CT molecular complexity index is 732. The standard InChI is InChI=1S/C18H23N3O6/c1-26-15-8-7-14(21(24)25)11-16(15)27-12-17(22)20-18(23)19-10-9-13-5-3-2-4-6-13/h5,7-8,11H,2-4,6,9-10,12H2,1H3,(H2,19,20,22,23). The van der Waals surface area contributed by atoms with Crippen molar-refractivity contribution >= 4 is 17.6 Å². The van der Waals surface area contributed by atoms with Gasteiger partial charge < -0.3 is 14.8 Å². The van der Waals surface area contributed by atoms with Crippen LogP contribution in [0.1, 0.15) is 32.1 Å². The minimum atomic E-state index is -0.669. The van der Waals surface area contributed by atoms with Crippen LogP contribution in [0.4, 0.5) is 10.5 Å². The zero-order chi connectivity index (χ0) is 19.6. The van der Waals surface area contributed by atoms with Crippen molar-refractivity contribution in [1.29, 1.82) is 0 Å². The van der Waals surface area contributed by atoms with Crippen molar-refractivity contribution in [2.24, 2.45) is 0 Å². The van der Waals surface area contributed by atoms with E-state index >= 15 is 0 Å². The number of urea groups is 1. The van der Waals surface area contributed by atoms with E-state index in [-0.39, 0.29) is 17.2 Å². The molecular formula is C18H23N3O6.